The van der Waals surface area contributed by atoms with Crippen molar-refractivity contribution in [3.8, 4) is 11.4 Å². The number of para-hydroxylation sites is 2. The number of aromatic hydroxyl groups is 1. The fourth-order valence-electron chi connectivity index (χ4n) is 3.49. The van der Waals surface area contributed by atoms with Crippen molar-refractivity contribution in [2.75, 3.05) is 11.6 Å². The number of phenolic OH excluding ortho intramolecular Hbond substituents is 1. The zero-order valence-corrected chi connectivity index (χ0v) is 11.2. The summed E-state index contributed by atoms with van der Waals surface area (Å²) in [5.74, 6) is 0.298. The van der Waals surface area contributed by atoms with Crippen LogP contribution in [0.1, 0.15) is 11.7 Å². The summed E-state index contributed by atoms with van der Waals surface area (Å²) in [6.45, 7) is 0.697. The van der Waals surface area contributed by atoms with Gasteiger partial charge < -0.3 is 14.6 Å². The first-order chi connectivity index (χ1) is 10.3. The summed E-state index contributed by atoms with van der Waals surface area (Å²) in [6.07, 6.45) is 2.09. The number of nitrogens with one attached hydrogen (secondary N) is 2. The Morgan fingerprint density at radius 3 is 2.95 bits per heavy atom. The summed E-state index contributed by atoms with van der Waals surface area (Å²) < 4.78 is 2.09. The summed E-state index contributed by atoms with van der Waals surface area (Å²) in [6, 6.07) is 14.1. The molecule has 21 heavy (non-hydrogen) atoms. The van der Waals surface area contributed by atoms with Crippen LogP contribution >= 0.6 is 0 Å². The molecule has 3 heterocycles. The van der Waals surface area contributed by atoms with E-state index in [0.717, 1.165) is 16.9 Å². The number of phenols is 1. The maximum atomic E-state index is 10.4. The summed E-state index contributed by atoms with van der Waals surface area (Å²) in [5.41, 5.74) is 10.7. The predicted octanol–water partition coefficient (Wildman–Crippen LogP) is 2.22. The van der Waals surface area contributed by atoms with E-state index in [9.17, 15) is 5.11 Å². The average molecular weight is 278 g/mol. The minimum absolute atomic E-state index is 0.0606. The van der Waals surface area contributed by atoms with E-state index in [-0.39, 0.29) is 6.17 Å². The molecule has 0 aliphatic carbocycles. The zero-order valence-electron chi connectivity index (χ0n) is 11.2. The molecule has 3 aromatic rings. The Labute approximate surface area is 121 Å². The number of fused-ring (bicyclic) bond motifs is 5. The third-order valence-electron chi connectivity index (χ3n) is 4.38. The van der Waals surface area contributed by atoms with Crippen LogP contribution in [0.25, 0.3) is 16.6 Å². The van der Waals surface area contributed by atoms with Crippen molar-refractivity contribution in [1.29, 1.82) is 0 Å². The van der Waals surface area contributed by atoms with E-state index in [1.807, 2.05) is 12.3 Å². The number of hydrazine groups is 1. The van der Waals surface area contributed by atoms with Gasteiger partial charge in [0, 0.05) is 17.1 Å². The van der Waals surface area contributed by atoms with E-state index in [2.05, 4.69) is 50.7 Å². The Bertz CT molecular complexity index is 870. The number of benzene rings is 2. The fourth-order valence-corrected chi connectivity index (χ4v) is 3.49. The van der Waals surface area contributed by atoms with Crippen LogP contribution in [-0.4, -0.2) is 16.3 Å². The van der Waals surface area contributed by atoms with E-state index in [4.69, 9.17) is 0 Å². The van der Waals surface area contributed by atoms with Gasteiger partial charge in [0.25, 0.3) is 0 Å². The van der Waals surface area contributed by atoms with Gasteiger partial charge in [0.1, 0.15) is 17.6 Å². The van der Waals surface area contributed by atoms with Crippen molar-refractivity contribution in [2.45, 2.75) is 6.17 Å². The second-order valence-corrected chi connectivity index (χ2v) is 5.47. The Kier molecular flexibility index (Phi) is 2.01. The lowest BCUT2D eigenvalue weighted by molar-refractivity contribution is 0.473. The molecule has 2 aliphatic rings. The number of hydrogen-bond donors (Lipinski definition) is 3. The van der Waals surface area contributed by atoms with Crippen LogP contribution in [0.4, 0.5) is 5.69 Å². The standard InChI is InChI=1S/C16H14N4O/c21-13-6-2-5-12-15(13)19-8-7-10-3-1-4-11(14(10)19)16-18-17-9-20(12)16/h1-8,16-18,21H,9H2. The molecule has 0 bridgehead atoms. The number of nitrogens with zero attached hydrogens (tertiary/aromatic N) is 2. The highest BCUT2D eigenvalue weighted by molar-refractivity contribution is 5.90. The Morgan fingerprint density at radius 1 is 1.10 bits per heavy atom. The third-order valence-corrected chi connectivity index (χ3v) is 4.38. The quantitative estimate of drug-likeness (QED) is 0.590. The maximum absolute atomic E-state index is 10.4. The molecule has 5 nitrogen and oxygen atoms in total. The minimum Gasteiger partial charge on any atom is -0.506 e. The first-order valence-electron chi connectivity index (χ1n) is 7.02. The van der Waals surface area contributed by atoms with E-state index in [0.29, 0.717) is 12.4 Å². The Morgan fingerprint density at radius 2 is 2.00 bits per heavy atom. The summed E-state index contributed by atoms with van der Waals surface area (Å²) in [7, 11) is 0. The van der Waals surface area contributed by atoms with Gasteiger partial charge in [0.05, 0.1) is 17.9 Å². The van der Waals surface area contributed by atoms with Crippen molar-refractivity contribution >= 4 is 16.6 Å². The normalized spacial score (nSPS) is 19.4. The average Bonchev–Trinajstić information content (AvgIpc) is 3.10. The topological polar surface area (TPSA) is 52.5 Å². The molecule has 1 saturated heterocycles. The Hall–Kier alpha value is -2.50. The van der Waals surface area contributed by atoms with Crippen molar-refractivity contribution in [3.63, 3.8) is 0 Å². The van der Waals surface area contributed by atoms with Crippen molar-refractivity contribution in [2.24, 2.45) is 0 Å². The van der Waals surface area contributed by atoms with Gasteiger partial charge in [-0.2, -0.15) is 0 Å². The number of aromatic nitrogens is 1. The van der Waals surface area contributed by atoms with Crippen LogP contribution in [-0.2, 0) is 0 Å². The van der Waals surface area contributed by atoms with Crippen LogP contribution in [0.2, 0.25) is 0 Å². The molecule has 0 saturated carbocycles. The van der Waals surface area contributed by atoms with Gasteiger partial charge >= 0.3 is 0 Å². The Balaban J connectivity index is 1.98. The zero-order chi connectivity index (χ0) is 14.0. The van der Waals surface area contributed by atoms with E-state index in [1.165, 1.54) is 10.9 Å². The molecule has 5 rings (SSSR count). The molecule has 0 radical (unpaired) electrons. The van der Waals surface area contributed by atoms with E-state index >= 15 is 0 Å². The van der Waals surface area contributed by atoms with Crippen LogP contribution in [0.15, 0.2) is 48.7 Å². The molecule has 2 aliphatic heterocycles. The van der Waals surface area contributed by atoms with Gasteiger partial charge in [0.2, 0.25) is 0 Å². The molecule has 3 N–H and O–H groups in total. The van der Waals surface area contributed by atoms with Gasteiger partial charge in [-0.3, -0.25) is 0 Å². The summed E-state index contributed by atoms with van der Waals surface area (Å²) in [5, 5.41) is 11.6. The molecule has 2 aromatic carbocycles. The van der Waals surface area contributed by atoms with Gasteiger partial charge in [-0.25, -0.2) is 10.9 Å². The summed E-state index contributed by atoms with van der Waals surface area (Å²) >= 11 is 0. The minimum atomic E-state index is 0.0606. The van der Waals surface area contributed by atoms with Gasteiger partial charge in [-0.05, 0) is 18.2 Å². The second kappa shape index (κ2) is 3.78. The first kappa shape index (κ1) is 11.2. The molecule has 1 fully saturated rings. The molecule has 0 amide bonds. The van der Waals surface area contributed by atoms with E-state index < -0.39 is 0 Å². The smallest absolute Gasteiger partial charge is 0.141 e. The van der Waals surface area contributed by atoms with Gasteiger partial charge in [-0.1, -0.05) is 24.3 Å². The number of rotatable bonds is 0. The molecule has 0 spiro atoms. The van der Waals surface area contributed by atoms with Gasteiger partial charge in [-0.15, -0.1) is 0 Å². The monoisotopic (exact) mass is 278 g/mol. The van der Waals surface area contributed by atoms with Crippen molar-refractivity contribution < 1.29 is 5.11 Å². The molecular formula is C16H14N4O. The third kappa shape index (κ3) is 1.32. The lowest BCUT2D eigenvalue weighted by Gasteiger charge is -2.25. The van der Waals surface area contributed by atoms with Crippen molar-refractivity contribution in [3.05, 3.63) is 54.2 Å². The molecule has 1 atom stereocenters. The lowest BCUT2D eigenvalue weighted by atomic mass is 10.1. The largest absolute Gasteiger partial charge is 0.506 e. The second-order valence-electron chi connectivity index (χ2n) is 5.47. The molecule has 1 aromatic heterocycles. The molecule has 1 unspecified atom stereocenters. The SMILES string of the molecule is Oc1cccc2c1-n1ccc3cccc(c31)C1NNCN21. The maximum Gasteiger partial charge on any atom is 0.141 e. The predicted molar refractivity (Wildman–Crippen MR) is 81.3 cm³/mol. The molecular weight excluding hydrogens is 264 g/mol. The van der Waals surface area contributed by atoms with Crippen LogP contribution in [0, 0.1) is 0 Å². The van der Waals surface area contributed by atoms with Crippen molar-refractivity contribution in [1.82, 2.24) is 15.4 Å². The van der Waals surface area contributed by atoms with Crippen LogP contribution in [0.3, 0.4) is 0 Å². The lowest BCUT2D eigenvalue weighted by Crippen LogP contribution is -2.27. The first-order valence-corrected chi connectivity index (χ1v) is 7.02. The molecule has 104 valence electrons. The van der Waals surface area contributed by atoms with E-state index in [1.54, 1.807) is 6.07 Å². The number of anilines is 1. The highest BCUT2D eigenvalue weighted by atomic mass is 16.3. The highest BCUT2D eigenvalue weighted by Gasteiger charge is 2.33. The highest BCUT2D eigenvalue weighted by Crippen LogP contribution is 2.43. The fraction of sp³-hybridized carbons (Fsp3) is 0.125. The molecule has 5 heteroatoms. The van der Waals surface area contributed by atoms with Crippen LogP contribution < -0.4 is 15.8 Å². The number of hydrogen-bond acceptors (Lipinski definition) is 4. The van der Waals surface area contributed by atoms with Gasteiger partial charge in [0.15, 0.2) is 0 Å². The summed E-state index contributed by atoms with van der Waals surface area (Å²) in [4.78, 5) is 2.23. The van der Waals surface area contributed by atoms with Crippen LogP contribution in [0.5, 0.6) is 5.75 Å².